The molecule has 0 amide bonds. The van der Waals surface area contributed by atoms with E-state index in [1.807, 2.05) is 0 Å². The minimum atomic E-state index is 0. The van der Waals surface area contributed by atoms with Crippen LogP contribution in [0.4, 0.5) is 0 Å². The van der Waals surface area contributed by atoms with Crippen LogP contribution in [0.25, 0.3) is 0 Å². The van der Waals surface area contributed by atoms with E-state index >= 15 is 0 Å². The second-order valence-electron chi connectivity index (χ2n) is 0. The maximum Gasteiger partial charge on any atom is 0 e. The van der Waals surface area contributed by atoms with Crippen LogP contribution in [0.2, 0.25) is 0 Å². The Bertz CT molecular complexity index is 8.00. The zero-order valence-electron chi connectivity index (χ0n) is 2.06. The van der Waals surface area contributed by atoms with Gasteiger partial charge in [0.05, 0.1) is 0 Å². The molecule has 1 unspecified atom stereocenters. The van der Waals surface area contributed by atoms with Crippen LogP contribution in [-0.4, -0.2) is 50.1 Å². The number of hydrogen-bond acceptors (Lipinski definition) is 0. The number of hydrogen-bond donors (Lipinski definition) is 0. The normalized spacial score (nSPS) is 0. The van der Waals surface area contributed by atoms with E-state index in [1.165, 1.54) is 0 Å². The second-order valence-corrected chi connectivity index (χ2v) is 0. The molecule has 0 nitrogen and oxygen atoms in total. The molecule has 0 saturated carbocycles. The van der Waals surface area contributed by atoms with E-state index in [0.717, 1.165) is 0 Å². The summed E-state index contributed by atoms with van der Waals surface area (Å²) in [4.78, 5) is 0. The van der Waals surface area contributed by atoms with E-state index in [9.17, 15) is 0 Å². The van der Waals surface area contributed by atoms with Crippen LogP contribution < -0.4 is 0 Å². The predicted octanol–water partition coefficient (Wildman–Crippen LogP) is -0.0855. The van der Waals surface area contributed by atoms with Gasteiger partial charge in [-0.25, -0.2) is 0 Å². The standard InChI is InChI=1S/Bi.HI.H3P.Sn/h;1H;1H3;. The van der Waals surface area contributed by atoms with E-state index in [0.29, 0.717) is 0 Å². The SMILES string of the molecule is I.P.[Bi].[Sn]. The summed E-state index contributed by atoms with van der Waals surface area (Å²) < 4.78 is 0. The minimum absolute atomic E-state index is 0. The van der Waals surface area contributed by atoms with Gasteiger partial charge in [-0.1, -0.05) is 0 Å². The molecule has 0 rings (SSSR count). The largest absolute Gasteiger partial charge is 0.153 e. The number of rotatable bonds is 0. The van der Waals surface area contributed by atoms with Gasteiger partial charge in [-0.3, -0.25) is 0 Å². The van der Waals surface area contributed by atoms with Gasteiger partial charge in [0.1, 0.15) is 0 Å². The second kappa shape index (κ2) is 17.0. The first-order valence-corrected chi connectivity index (χ1v) is 0. The third-order valence-electron chi connectivity index (χ3n) is 0. The molecule has 0 bridgehead atoms. The van der Waals surface area contributed by atoms with Crippen molar-refractivity contribution >= 4 is 84.0 Å². The fourth-order valence-electron chi connectivity index (χ4n) is 0. The average molecular weight is 490 g/mol. The van der Waals surface area contributed by atoms with Gasteiger partial charge in [-0.05, 0) is 0 Å². The van der Waals surface area contributed by atoms with Crippen molar-refractivity contribution in [1.29, 1.82) is 0 Å². The Morgan fingerprint density at radius 3 is 1.00 bits per heavy atom. The molecule has 0 aromatic heterocycles. The maximum atomic E-state index is 0. The van der Waals surface area contributed by atoms with Gasteiger partial charge in [-0.2, -0.15) is 9.90 Å². The third kappa shape index (κ3) is 8.85. The summed E-state index contributed by atoms with van der Waals surface area (Å²) in [5.41, 5.74) is 0. The molecule has 7 radical (unpaired) electrons. The van der Waals surface area contributed by atoms with Crippen LogP contribution >= 0.6 is 33.9 Å². The van der Waals surface area contributed by atoms with Crippen molar-refractivity contribution in [2.24, 2.45) is 0 Å². The zero-order valence-corrected chi connectivity index (χ0v) is 12.1. The smallest absolute Gasteiger partial charge is 0 e. The van der Waals surface area contributed by atoms with Gasteiger partial charge in [0, 0.05) is 50.1 Å². The molecule has 1 atom stereocenters. The molecule has 0 fully saturated rings. The van der Waals surface area contributed by atoms with Crippen LogP contribution in [0.3, 0.4) is 0 Å². The molecule has 0 aromatic carbocycles. The van der Waals surface area contributed by atoms with Gasteiger partial charge in [0.15, 0.2) is 0 Å². The summed E-state index contributed by atoms with van der Waals surface area (Å²) in [6.45, 7) is 0. The van der Waals surface area contributed by atoms with E-state index in [4.69, 9.17) is 0 Å². The first-order valence-electron chi connectivity index (χ1n) is 0. The van der Waals surface area contributed by atoms with Crippen molar-refractivity contribution in [3.05, 3.63) is 0 Å². The first kappa shape index (κ1) is 28.9. The Kier molecular flexibility index (Phi) is 123. The van der Waals surface area contributed by atoms with E-state index in [-0.39, 0.29) is 84.0 Å². The molecule has 4 heavy (non-hydrogen) atoms. The molecule has 0 saturated heterocycles. The topological polar surface area (TPSA) is 0 Å². The van der Waals surface area contributed by atoms with Crippen molar-refractivity contribution in [3.63, 3.8) is 0 Å². The van der Waals surface area contributed by atoms with Crippen molar-refractivity contribution in [2.45, 2.75) is 0 Å². The molecule has 0 spiro atoms. The van der Waals surface area contributed by atoms with Gasteiger partial charge in [0.2, 0.25) is 0 Å². The Morgan fingerprint density at radius 2 is 1.00 bits per heavy atom. The molecular weight excluding hydrogens is 486 g/mol. The van der Waals surface area contributed by atoms with Crippen LogP contribution in [0, 0.1) is 0 Å². The van der Waals surface area contributed by atoms with E-state index < -0.39 is 0 Å². The van der Waals surface area contributed by atoms with Crippen molar-refractivity contribution < 1.29 is 0 Å². The monoisotopic (exact) mass is 491 g/mol. The Labute approximate surface area is 82.6 Å². The van der Waals surface area contributed by atoms with Crippen molar-refractivity contribution in [2.75, 3.05) is 0 Å². The zero-order chi connectivity index (χ0) is 0. The quantitative estimate of drug-likeness (QED) is 0.254. The summed E-state index contributed by atoms with van der Waals surface area (Å²) in [6.07, 6.45) is 0. The Morgan fingerprint density at radius 1 is 1.00 bits per heavy atom. The minimum Gasteiger partial charge on any atom is -0.153 e. The molecule has 0 aromatic rings. The molecule has 25 valence electrons. The summed E-state index contributed by atoms with van der Waals surface area (Å²) in [7, 11) is 0. The average Bonchev–Trinajstić information content (AvgIpc) is 0. The fraction of sp³-hybridized carbons (Fsp3) is 0. The predicted molar refractivity (Wildman–Crippen MR) is 38.0 cm³/mol. The summed E-state index contributed by atoms with van der Waals surface area (Å²) in [6, 6.07) is 0. The summed E-state index contributed by atoms with van der Waals surface area (Å²) in [5, 5.41) is 0. The molecule has 0 N–H and O–H groups in total. The summed E-state index contributed by atoms with van der Waals surface area (Å²) >= 11 is 0. The first-order chi connectivity index (χ1) is 0. The third-order valence-corrected chi connectivity index (χ3v) is 0. The van der Waals surface area contributed by atoms with Crippen LogP contribution in [0.15, 0.2) is 0 Å². The molecule has 0 heterocycles. The van der Waals surface area contributed by atoms with Crippen LogP contribution in [-0.2, 0) is 0 Å². The van der Waals surface area contributed by atoms with Gasteiger partial charge in [-0.15, -0.1) is 24.0 Å². The summed E-state index contributed by atoms with van der Waals surface area (Å²) in [5.74, 6) is 0. The molecule has 0 aliphatic rings. The van der Waals surface area contributed by atoms with Gasteiger partial charge >= 0.3 is 0 Å². The fourth-order valence-corrected chi connectivity index (χ4v) is 0. The van der Waals surface area contributed by atoms with Crippen LogP contribution in [0.5, 0.6) is 0 Å². The van der Waals surface area contributed by atoms with Gasteiger partial charge in [0.25, 0.3) is 0 Å². The maximum absolute atomic E-state index is 0. The van der Waals surface area contributed by atoms with Crippen LogP contribution in [0.1, 0.15) is 0 Å². The van der Waals surface area contributed by atoms with Gasteiger partial charge < -0.3 is 0 Å². The molecule has 0 aliphatic carbocycles. The van der Waals surface area contributed by atoms with E-state index in [1.54, 1.807) is 0 Å². The Balaban J connectivity index is 0. The Hall–Kier alpha value is 2.84. The van der Waals surface area contributed by atoms with Crippen molar-refractivity contribution in [3.8, 4) is 0 Å². The van der Waals surface area contributed by atoms with E-state index in [2.05, 4.69) is 0 Å². The molecule has 0 aliphatic heterocycles. The molecule has 4 heteroatoms. The molecular formula is H4BiIPSn. The number of halogens is 1. The van der Waals surface area contributed by atoms with Crippen molar-refractivity contribution in [1.82, 2.24) is 0 Å².